The number of ketones is 1. The highest BCUT2D eigenvalue weighted by Gasteiger charge is 2.25. The summed E-state index contributed by atoms with van der Waals surface area (Å²) >= 11 is 0. The van der Waals surface area contributed by atoms with Crippen LogP contribution in [0.4, 0.5) is 0 Å². The Hall–Kier alpha value is 0.110. The van der Waals surface area contributed by atoms with E-state index < -0.39 is 0 Å². The Morgan fingerprint density at radius 2 is 2.27 bits per heavy atom. The summed E-state index contributed by atoms with van der Waals surface area (Å²) in [7, 11) is 3.37. The van der Waals surface area contributed by atoms with E-state index in [4.69, 9.17) is 0 Å². The van der Waals surface area contributed by atoms with Gasteiger partial charge in [-0.15, -0.1) is 6.58 Å². The Kier molecular flexibility index (Phi) is 4.93. The van der Waals surface area contributed by atoms with Gasteiger partial charge in [0.1, 0.15) is 5.78 Å². The van der Waals surface area contributed by atoms with Crippen molar-refractivity contribution in [3.05, 3.63) is 12.7 Å². The van der Waals surface area contributed by atoms with Crippen LogP contribution in [0.15, 0.2) is 12.7 Å². The lowest BCUT2D eigenvalue weighted by atomic mass is 9.89. The predicted octanol–water partition coefficient (Wildman–Crippen LogP) is 2.78. The first kappa shape index (κ1) is 11.1. The molecule has 1 unspecified atom stereocenters. The first-order valence-corrected chi connectivity index (χ1v) is 6.10. The number of hydrogen-bond donors (Lipinski definition) is 0. The van der Waals surface area contributed by atoms with Crippen LogP contribution in [0, 0.1) is 5.41 Å². The van der Waals surface area contributed by atoms with E-state index >= 15 is 0 Å². The van der Waals surface area contributed by atoms with E-state index in [0.29, 0.717) is 0 Å². The number of allylic oxidation sites excluding steroid dienone is 1. The molecular formula is C8H14OS2. The molecule has 0 aromatic heterocycles. The molecule has 0 aliphatic heterocycles. The van der Waals surface area contributed by atoms with E-state index in [1.165, 1.54) is 0 Å². The molecule has 0 heterocycles. The largest absolute Gasteiger partial charge is 0.299 e. The number of Topliss-reactive ketones (excluding diaryl/α,β-unsaturated/α-hetero) is 1. The highest BCUT2D eigenvalue weighted by molar-refractivity contribution is 8.76. The van der Waals surface area contributed by atoms with Crippen molar-refractivity contribution in [2.75, 3.05) is 12.0 Å². The Balaban J connectivity index is 4.10. The van der Waals surface area contributed by atoms with Gasteiger partial charge in [0.25, 0.3) is 0 Å². The van der Waals surface area contributed by atoms with Gasteiger partial charge in [0.05, 0.1) is 5.41 Å². The van der Waals surface area contributed by atoms with Gasteiger partial charge in [-0.05, 0) is 20.1 Å². The van der Waals surface area contributed by atoms with Gasteiger partial charge in [-0.1, -0.05) is 27.7 Å². The van der Waals surface area contributed by atoms with Gasteiger partial charge in [-0.2, -0.15) is 0 Å². The maximum Gasteiger partial charge on any atom is 0.140 e. The second-order valence-corrected chi connectivity index (χ2v) is 5.17. The van der Waals surface area contributed by atoms with Crippen molar-refractivity contribution in [2.45, 2.75) is 13.8 Å². The third-order valence-electron chi connectivity index (χ3n) is 1.73. The zero-order chi connectivity index (χ0) is 8.91. The van der Waals surface area contributed by atoms with Gasteiger partial charge in [0.2, 0.25) is 0 Å². The SMILES string of the molecule is C=CC(C)(CSSC)C(C)=O. The maximum absolute atomic E-state index is 11.1. The average molecular weight is 190 g/mol. The van der Waals surface area contributed by atoms with Crippen LogP contribution in [0.25, 0.3) is 0 Å². The van der Waals surface area contributed by atoms with Crippen LogP contribution >= 0.6 is 21.6 Å². The predicted molar refractivity (Wildman–Crippen MR) is 55.0 cm³/mol. The van der Waals surface area contributed by atoms with Crippen LogP contribution in [0.3, 0.4) is 0 Å². The van der Waals surface area contributed by atoms with Crippen molar-refractivity contribution >= 4 is 27.4 Å². The van der Waals surface area contributed by atoms with Gasteiger partial charge >= 0.3 is 0 Å². The van der Waals surface area contributed by atoms with Crippen molar-refractivity contribution in [3.63, 3.8) is 0 Å². The minimum absolute atomic E-state index is 0.189. The fourth-order valence-electron chi connectivity index (χ4n) is 0.486. The Labute approximate surface area is 76.4 Å². The third-order valence-corrected chi connectivity index (χ3v) is 3.75. The van der Waals surface area contributed by atoms with Crippen LogP contribution in [0.1, 0.15) is 13.8 Å². The van der Waals surface area contributed by atoms with Gasteiger partial charge < -0.3 is 0 Å². The zero-order valence-electron chi connectivity index (χ0n) is 7.22. The second kappa shape index (κ2) is 4.88. The number of hydrogen-bond acceptors (Lipinski definition) is 3. The molecule has 1 nitrogen and oxygen atoms in total. The molecule has 11 heavy (non-hydrogen) atoms. The molecule has 0 bridgehead atoms. The maximum atomic E-state index is 11.1. The van der Waals surface area contributed by atoms with E-state index in [-0.39, 0.29) is 11.2 Å². The first-order valence-electron chi connectivity index (χ1n) is 3.37. The summed E-state index contributed by atoms with van der Waals surface area (Å²) in [5.41, 5.74) is -0.340. The van der Waals surface area contributed by atoms with Crippen LogP contribution in [0.2, 0.25) is 0 Å². The molecule has 0 radical (unpaired) electrons. The normalized spacial score (nSPS) is 15.5. The minimum atomic E-state index is -0.340. The summed E-state index contributed by atoms with van der Waals surface area (Å²) in [4.78, 5) is 11.1. The summed E-state index contributed by atoms with van der Waals surface area (Å²) in [6.45, 7) is 7.20. The minimum Gasteiger partial charge on any atom is -0.299 e. The Morgan fingerprint density at radius 1 is 1.73 bits per heavy atom. The summed E-state index contributed by atoms with van der Waals surface area (Å²) in [6, 6.07) is 0. The van der Waals surface area contributed by atoms with Crippen LogP contribution in [0.5, 0.6) is 0 Å². The van der Waals surface area contributed by atoms with Crippen LogP contribution < -0.4 is 0 Å². The van der Waals surface area contributed by atoms with Crippen molar-refractivity contribution in [1.29, 1.82) is 0 Å². The fourth-order valence-corrected chi connectivity index (χ4v) is 2.26. The molecule has 0 fully saturated rings. The number of rotatable bonds is 5. The van der Waals surface area contributed by atoms with Crippen LogP contribution in [-0.4, -0.2) is 17.8 Å². The third kappa shape index (κ3) is 3.34. The lowest BCUT2D eigenvalue weighted by molar-refractivity contribution is -0.122. The molecular weight excluding hydrogens is 176 g/mol. The standard InChI is InChI=1S/C8H14OS2/c1-5-8(3,7(2)9)6-11-10-4/h5H,1,6H2,2-4H3. The quantitative estimate of drug-likeness (QED) is 0.490. The van der Waals surface area contributed by atoms with Crippen molar-refractivity contribution in [3.8, 4) is 0 Å². The molecule has 0 aromatic carbocycles. The van der Waals surface area contributed by atoms with E-state index in [1.54, 1.807) is 34.6 Å². The summed E-state index contributed by atoms with van der Waals surface area (Å²) < 4.78 is 0. The zero-order valence-corrected chi connectivity index (χ0v) is 8.85. The lowest BCUT2D eigenvalue weighted by Gasteiger charge is -2.20. The van der Waals surface area contributed by atoms with Crippen LogP contribution in [-0.2, 0) is 4.79 Å². The molecule has 0 N–H and O–H groups in total. The molecule has 0 saturated carbocycles. The molecule has 0 amide bonds. The number of carbonyl (C=O) groups excluding carboxylic acids is 1. The smallest absolute Gasteiger partial charge is 0.140 e. The Bertz CT molecular complexity index is 156. The topological polar surface area (TPSA) is 17.1 Å². The molecule has 1 atom stereocenters. The molecule has 0 saturated heterocycles. The van der Waals surface area contributed by atoms with E-state index in [1.807, 2.05) is 13.2 Å². The molecule has 0 aliphatic carbocycles. The van der Waals surface area contributed by atoms with E-state index in [0.717, 1.165) is 5.75 Å². The van der Waals surface area contributed by atoms with Crippen molar-refractivity contribution in [1.82, 2.24) is 0 Å². The van der Waals surface area contributed by atoms with Crippen molar-refractivity contribution < 1.29 is 4.79 Å². The Morgan fingerprint density at radius 3 is 2.55 bits per heavy atom. The second-order valence-electron chi connectivity index (χ2n) is 2.61. The van der Waals surface area contributed by atoms with E-state index in [2.05, 4.69) is 6.58 Å². The molecule has 0 rings (SSSR count). The fraction of sp³-hybridized carbons (Fsp3) is 0.625. The average Bonchev–Trinajstić information content (AvgIpc) is 2.00. The van der Waals surface area contributed by atoms with Gasteiger partial charge in [0, 0.05) is 5.75 Å². The molecule has 3 heteroatoms. The lowest BCUT2D eigenvalue weighted by Crippen LogP contribution is -2.25. The van der Waals surface area contributed by atoms with Gasteiger partial charge in [0.15, 0.2) is 0 Å². The van der Waals surface area contributed by atoms with E-state index in [9.17, 15) is 4.79 Å². The monoisotopic (exact) mass is 190 g/mol. The summed E-state index contributed by atoms with van der Waals surface area (Å²) in [6.07, 6.45) is 3.74. The summed E-state index contributed by atoms with van der Waals surface area (Å²) in [5.74, 6) is 1.00. The first-order chi connectivity index (χ1) is 5.06. The molecule has 0 spiro atoms. The molecule has 0 aromatic rings. The molecule has 64 valence electrons. The highest BCUT2D eigenvalue weighted by atomic mass is 33.1. The van der Waals surface area contributed by atoms with Gasteiger partial charge in [-0.3, -0.25) is 4.79 Å². The highest BCUT2D eigenvalue weighted by Crippen LogP contribution is 2.30. The summed E-state index contributed by atoms with van der Waals surface area (Å²) in [5, 5.41) is 0. The van der Waals surface area contributed by atoms with Crippen molar-refractivity contribution in [2.24, 2.45) is 5.41 Å². The molecule has 0 aliphatic rings. The number of carbonyl (C=O) groups is 1. The van der Waals surface area contributed by atoms with Gasteiger partial charge in [-0.25, -0.2) is 0 Å².